The summed E-state index contributed by atoms with van der Waals surface area (Å²) >= 11 is 6.08. The molecule has 1 aliphatic rings. The molecule has 0 atom stereocenters. The third-order valence-electron chi connectivity index (χ3n) is 6.92. The molecule has 6 heteroatoms. The highest BCUT2D eigenvalue weighted by Gasteiger charge is 2.28. The molecule has 0 saturated carbocycles. The molecule has 0 bridgehead atoms. The minimum Gasteiger partial charge on any atom is -0.496 e. The molecular weight excluding hydrogens is 496 g/mol. The fourth-order valence-electron chi connectivity index (χ4n) is 4.99. The first-order chi connectivity index (χ1) is 18.6. The molecule has 1 fully saturated rings. The summed E-state index contributed by atoms with van der Waals surface area (Å²) in [6, 6.07) is 34.1. The fraction of sp³-hybridized carbons (Fsp3) is 0.219. The van der Waals surface area contributed by atoms with Gasteiger partial charge in [-0.1, -0.05) is 78.3 Å². The molecule has 4 aromatic carbocycles. The number of halogens is 1. The van der Waals surface area contributed by atoms with Crippen LogP contribution in [0.2, 0.25) is 5.02 Å². The Kier molecular flexibility index (Phi) is 8.27. The largest absolute Gasteiger partial charge is 0.496 e. The van der Waals surface area contributed by atoms with Crippen molar-refractivity contribution in [1.29, 1.82) is 0 Å². The van der Waals surface area contributed by atoms with Crippen LogP contribution in [0.1, 0.15) is 33.1 Å². The van der Waals surface area contributed by atoms with E-state index < -0.39 is 0 Å². The Balaban J connectivity index is 1.28. The number of hydrogen-bond acceptors (Lipinski definition) is 4. The lowest BCUT2D eigenvalue weighted by Gasteiger charge is -2.40. The highest BCUT2D eigenvalue weighted by Crippen LogP contribution is 2.30. The van der Waals surface area contributed by atoms with E-state index in [4.69, 9.17) is 21.1 Å². The summed E-state index contributed by atoms with van der Waals surface area (Å²) in [5.74, 6) is 1.37. The van der Waals surface area contributed by atoms with Gasteiger partial charge in [0.2, 0.25) is 0 Å². The summed E-state index contributed by atoms with van der Waals surface area (Å²) in [5, 5.41) is 0.610. The molecule has 4 aromatic rings. The van der Waals surface area contributed by atoms with Crippen LogP contribution in [0.25, 0.3) is 0 Å². The van der Waals surface area contributed by atoms with E-state index >= 15 is 0 Å². The van der Waals surface area contributed by atoms with E-state index in [1.165, 1.54) is 11.1 Å². The number of nitrogens with zero attached hydrogens (tertiary/aromatic N) is 2. The second-order valence-corrected chi connectivity index (χ2v) is 9.76. The van der Waals surface area contributed by atoms with E-state index in [1.54, 1.807) is 19.2 Å². The van der Waals surface area contributed by atoms with Crippen molar-refractivity contribution in [3.05, 3.63) is 130 Å². The highest BCUT2D eigenvalue weighted by atomic mass is 35.5. The van der Waals surface area contributed by atoms with Crippen molar-refractivity contribution >= 4 is 17.5 Å². The quantitative estimate of drug-likeness (QED) is 0.264. The molecule has 1 heterocycles. The maximum absolute atomic E-state index is 13.5. The third-order valence-corrected chi connectivity index (χ3v) is 7.15. The molecule has 1 amide bonds. The van der Waals surface area contributed by atoms with Crippen LogP contribution in [0.5, 0.6) is 11.5 Å². The molecule has 0 N–H and O–H groups in total. The Morgan fingerprint density at radius 3 is 2.08 bits per heavy atom. The lowest BCUT2D eigenvalue weighted by Crippen LogP contribution is -2.49. The van der Waals surface area contributed by atoms with Crippen LogP contribution in [-0.4, -0.2) is 49.0 Å². The molecular formula is C32H31ClN2O3. The van der Waals surface area contributed by atoms with Crippen LogP contribution in [0.15, 0.2) is 103 Å². The van der Waals surface area contributed by atoms with E-state index in [0.717, 1.165) is 18.7 Å². The summed E-state index contributed by atoms with van der Waals surface area (Å²) < 4.78 is 11.4. The van der Waals surface area contributed by atoms with Crippen LogP contribution >= 0.6 is 11.6 Å². The number of ether oxygens (including phenoxy) is 2. The van der Waals surface area contributed by atoms with Gasteiger partial charge in [-0.15, -0.1) is 0 Å². The number of methoxy groups -OCH3 is 1. The molecule has 0 radical (unpaired) electrons. The van der Waals surface area contributed by atoms with Gasteiger partial charge in [0.15, 0.2) is 0 Å². The number of amides is 1. The Labute approximate surface area is 229 Å². The molecule has 1 saturated heterocycles. The van der Waals surface area contributed by atoms with Crippen molar-refractivity contribution in [1.82, 2.24) is 9.80 Å². The molecule has 5 nitrogen and oxygen atoms in total. The third kappa shape index (κ3) is 6.01. The minimum atomic E-state index is 0.0206. The molecule has 1 aliphatic heterocycles. The van der Waals surface area contributed by atoms with Crippen molar-refractivity contribution in [2.75, 3.05) is 33.3 Å². The second-order valence-electron chi connectivity index (χ2n) is 9.32. The number of hydrogen-bond donors (Lipinski definition) is 0. The van der Waals surface area contributed by atoms with Gasteiger partial charge in [-0.2, -0.15) is 0 Å². The van der Waals surface area contributed by atoms with Crippen LogP contribution in [0.3, 0.4) is 0 Å². The predicted molar refractivity (Wildman–Crippen MR) is 151 cm³/mol. The van der Waals surface area contributed by atoms with E-state index in [9.17, 15) is 4.79 Å². The zero-order valence-corrected chi connectivity index (χ0v) is 22.2. The van der Waals surface area contributed by atoms with Gasteiger partial charge in [0.1, 0.15) is 18.1 Å². The van der Waals surface area contributed by atoms with Crippen molar-refractivity contribution in [2.24, 2.45) is 0 Å². The lowest BCUT2D eigenvalue weighted by molar-refractivity contribution is 0.0597. The van der Waals surface area contributed by atoms with Crippen molar-refractivity contribution in [3.8, 4) is 11.5 Å². The Morgan fingerprint density at radius 1 is 0.816 bits per heavy atom. The van der Waals surface area contributed by atoms with Crippen molar-refractivity contribution in [2.45, 2.75) is 12.6 Å². The Bertz CT molecular complexity index is 1320. The van der Waals surface area contributed by atoms with E-state index in [1.807, 2.05) is 47.4 Å². The van der Waals surface area contributed by atoms with Crippen LogP contribution < -0.4 is 9.47 Å². The van der Waals surface area contributed by atoms with Crippen molar-refractivity contribution in [3.63, 3.8) is 0 Å². The second kappa shape index (κ2) is 12.2. The molecule has 0 aliphatic carbocycles. The summed E-state index contributed by atoms with van der Waals surface area (Å²) in [7, 11) is 1.62. The topological polar surface area (TPSA) is 42.0 Å². The monoisotopic (exact) mass is 526 g/mol. The highest BCUT2D eigenvalue weighted by molar-refractivity contribution is 6.30. The molecule has 194 valence electrons. The summed E-state index contributed by atoms with van der Waals surface area (Å²) in [4.78, 5) is 17.9. The smallest absolute Gasteiger partial charge is 0.253 e. The van der Waals surface area contributed by atoms with Gasteiger partial charge in [-0.25, -0.2) is 0 Å². The standard InChI is InChI=1S/C32H31ClN2O3/c1-37-30-16-15-26(21-27(30)23-38-29-14-8-13-28(33)22-29)32(36)35-19-17-34(18-20-35)31(24-9-4-2-5-10-24)25-11-6-3-7-12-25/h2-16,21-22,31H,17-20,23H2,1H3. The average Bonchev–Trinajstić information content (AvgIpc) is 2.97. The van der Waals surface area contributed by atoms with Gasteiger partial charge in [0.25, 0.3) is 5.91 Å². The molecule has 5 rings (SSSR count). The van der Waals surface area contributed by atoms with Gasteiger partial charge in [-0.3, -0.25) is 9.69 Å². The fourth-order valence-corrected chi connectivity index (χ4v) is 5.17. The summed E-state index contributed by atoms with van der Waals surface area (Å²) in [6.45, 7) is 3.18. The Morgan fingerprint density at radius 2 is 1.47 bits per heavy atom. The first-order valence-corrected chi connectivity index (χ1v) is 13.2. The van der Waals surface area contributed by atoms with Crippen LogP contribution in [-0.2, 0) is 6.61 Å². The summed E-state index contributed by atoms with van der Waals surface area (Å²) in [6.07, 6.45) is 0. The van der Waals surface area contributed by atoms with Gasteiger partial charge >= 0.3 is 0 Å². The van der Waals surface area contributed by atoms with Gasteiger partial charge in [-0.05, 0) is 47.5 Å². The number of rotatable bonds is 8. The normalized spacial score (nSPS) is 13.9. The number of benzene rings is 4. The average molecular weight is 527 g/mol. The molecule has 0 aromatic heterocycles. The predicted octanol–water partition coefficient (Wildman–Crippen LogP) is 6.48. The minimum absolute atomic E-state index is 0.0206. The maximum atomic E-state index is 13.5. The van der Waals surface area contributed by atoms with Crippen molar-refractivity contribution < 1.29 is 14.3 Å². The van der Waals surface area contributed by atoms with Gasteiger partial charge < -0.3 is 14.4 Å². The maximum Gasteiger partial charge on any atom is 0.253 e. The first-order valence-electron chi connectivity index (χ1n) is 12.8. The van der Waals surface area contributed by atoms with E-state index in [2.05, 4.69) is 53.4 Å². The molecule has 0 spiro atoms. The first kappa shape index (κ1) is 25.8. The molecule has 0 unspecified atom stereocenters. The zero-order valence-electron chi connectivity index (χ0n) is 21.4. The SMILES string of the molecule is COc1ccc(C(=O)N2CCN(C(c3ccccc3)c3ccccc3)CC2)cc1COc1cccc(Cl)c1. The van der Waals surface area contributed by atoms with Gasteiger partial charge in [0.05, 0.1) is 13.2 Å². The van der Waals surface area contributed by atoms with E-state index in [0.29, 0.717) is 35.2 Å². The zero-order chi connectivity index (χ0) is 26.3. The van der Waals surface area contributed by atoms with Crippen LogP contribution in [0, 0.1) is 0 Å². The summed E-state index contributed by atoms with van der Waals surface area (Å²) in [5.41, 5.74) is 3.97. The molecule has 38 heavy (non-hydrogen) atoms. The lowest BCUT2D eigenvalue weighted by atomic mass is 9.96. The number of carbonyl (C=O) groups is 1. The van der Waals surface area contributed by atoms with Crippen LogP contribution in [0.4, 0.5) is 0 Å². The van der Waals surface area contributed by atoms with E-state index in [-0.39, 0.29) is 18.6 Å². The number of piperazine rings is 1. The van der Waals surface area contributed by atoms with Gasteiger partial charge in [0, 0.05) is 42.3 Å². The Hall–Kier alpha value is -3.80. The number of carbonyl (C=O) groups excluding carboxylic acids is 1.